The Hall–Kier alpha value is -1.20. The fourth-order valence-electron chi connectivity index (χ4n) is 19.8. The van der Waals surface area contributed by atoms with Crippen molar-refractivity contribution in [2.75, 3.05) is 361 Å². The van der Waals surface area contributed by atoms with Crippen molar-refractivity contribution < 1.29 is 71.1 Å². The van der Waals surface area contributed by atoms with E-state index in [0.29, 0.717) is 94.0 Å². The Morgan fingerprint density at radius 2 is 0.569 bits per heavy atom. The minimum Gasteiger partial charge on any atom is -0.396 e. The Bertz CT molecular complexity index is 2600. The molecule has 12 saturated heterocycles. The van der Waals surface area contributed by atoms with Gasteiger partial charge in [0.1, 0.15) is 0 Å². The van der Waals surface area contributed by atoms with E-state index in [1.54, 1.807) is 0 Å². The van der Waals surface area contributed by atoms with Crippen LogP contribution in [0.4, 0.5) is 0 Å². The quantitative estimate of drug-likeness (QED) is 0.0345. The Morgan fingerprint density at radius 1 is 0.285 bits per heavy atom. The zero-order chi connectivity index (χ0) is 103. The van der Waals surface area contributed by atoms with Gasteiger partial charge >= 0.3 is 0 Å². The number of likely N-dealkylation sites (N-methyl/N-ethyl adjacent to an activating group) is 1. The molecule has 12 heterocycles. The van der Waals surface area contributed by atoms with Gasteiger partial charge in [-0.25, -0.2) is 0 Å². The number of nitrogens with one attached hydrogen (secondary N) is 1. The molecule has 0 aromatic heterocycles. The van der Waals surface area contributed by atoms with Gasteiger partial charge in [-0.3, -0.25) is 14.7 Å². The minimum atomic E-state index is -0.534. The maximum Gasteiger partial charge on any atom is 0.0938 e. The van der Waals surface area contributed by atoms with Crippen molar-refractivity contribution in [1.29, 1.82) is 0 Å². The van der Waals surface area contributed by atoms with Gasteiger partial charge in [0.25, 0.3) is 0 Å². The summed E-state index contributed by atoms with van der Waals surface area (Å²) in [5.41, 5.74) is 5.10. The molecule has 0 radical (unpaired) electrons. The van der Waals surface area contributed by atoms with Crippen LogP contribution in [0, 0.1) is 106 Å². The molecule has 12 aliphatic rings. The number of ether oxygens (including phenoxy) is 1. The van der Waals surface area contributed by atoms with Gasteiger partial charge in [0.05, 0.1) is 83.4 Å². The zero-order valence-electron chi connectivity index (χ0n) is 93.4. The lowest BCUT2D eigenvalue weighted by atomic mass is 9.80. The van der Waals surface area contributed by atoms with Crippen molar-refractivity contribution in [2.45, 2.75) is 229 Å². The molecular weight excluding hydrogens is 1730 g/mol. The van der Waals surface area contributed by atoms with Crippen LogP contribution in [0.1, 0.15) is 198 Å². The number of nitrogens with two attached hydrogens (primary N) is 1. The number of nitrogens with zero attached hydrogens (tertiary/aromatic N) is 14. The smallest absolute Gasteiger partial charge is 0.0938 e. The molecule has 0 spiro atoms. The van der Waals surface area contributed by atoms with Crippen LogP contribution in [0.2, 0.25) is 0 Å². The van der Waals surface area contributed by atoms with Crippen LogP contribution in [0.3, 0.4) is 0 Å². The van der Waals surface area contributed by atoms with Gasteiger partial charge in [-0.05, 0) is 155 Å². The number of hydrogen-bond donors (Lipinski definition) is 15. The summed E-state index contributed by atoms with van der Waals surface area (Å²) >= 11 is 0. The van der Waals surface area contributed by atoms with Gasteiger partial charge in [-0.2, -0.15) is 0 Å². The Morgan fingerprint density at radius 3 is 0.883 bits per heavy atom. The fraction of sp³-hybridized carbons (Fsp3) is 1.00. The second kappa shape index (κ2) is 77.2. The first-order valence-corrected chi connectivity index (χ1v) is 55.0. The number of β-amino-alcohol motifs (C(OH)–C–C–N with tert-alkyl or cyclic N) is 6. The highest BCUT2D eigenvalue weighted by Gasteiger charge is 2.42. The van der Waals surface area contributed by atoms with Crippen molar-refractivity contribution in [1.82, 2.24) is 73.9 Å². The number of hydrogen-bond acceptors (Lipinski definition) is 30. The molecule has 12 aliphatic heterocycles. The standard InChI is InChI=1S/C11H23NO2.C10H22N2O.C10H21NO2.C10H21NO.C9H20N2.C9H19NO2.2C8H18N2.2C8H17NO2.2C8H17NO/c1-10(2)7-12-5-3-11(8-13,9-14)4-6-12;1-10(2)9-12-5-3-11(4-6-12)7-8-13;1-9(2)5-11-6-10(7-11)8-13-4-3-12;1-9(2)7-11-5-3-10(8-12)4-6-11;1-9(2)8-11-6-4-10(3)5-7-11;1-8(2)3-10-4-9(5-10,6-11)7-12;1-7(2)4-10-5-8(3-9)6-10;1-8(2)7-10-5-3-9-4-6-10;2*1-6(2)3-9-4-7(10)8(11)5-9;1-7(2)3-9-4-8(5-9)6-10;1-7(2)5-9-4-3-8(10)6-9/h10,13-14H,3-9H2,1-2H3;10,13H,3-9H2,1-2H3;9-10,12H,3-8H2,1-2H3;9-10,12H,3-8H2,1-2H3;9H,4-8H2,1-3H3;8,11-12H,3-7H2,1-2H3;7-8H,3-6,9H2,1-2H3;8-9H,3-7H2,1-2H3;2*6-8,10-11H,3-5H2,1-2H3;2*7-8,10H,3-6H2,1-2H3/t;;;;;;;;7-,8+;7-,8-;;8-/m.........0.1/s1. The van der Waals surface area contributed by atoms with Crippen molar-refractivity contribution in [3.05, 3.63) is 0 Å². The van der Waals surface area contributed by atoms with Crippen LogP contribution in [-0.2, 0) is 4.74 Å². The Labute approximate surface area is 841 Å². The number of rotatable bonds is 37. The SMILES string of the molecule is CC(C)CN1CC(CN)C1.CC(C)CN1CC(CO)(CO)C1.CC(C)CN1CC(CO)C1.CC(C)CN1CC(COCCO)C1.CC(C)CN1CCC(CO)(CO)CC1.CC(C)CN1CCC(CO)CC1.CC(C)CN1CCN(C)CC1.CC(C)CN1CCN(CCO)CC1.CC(C)CN1CCNCC1.CC(C)CN1CC[C@@H](O)C1.CC(C)CN1C[C@@H](O)[C@@H](O)C1.CC(C)CN1C[C@H](O)[C@@H](O)C1. The average molecular weight is 1970 g/mol. The zero-order valence-corrected chi connectivity index (χ0v) is 93.4. The number of aliphatic hydroxyl groups is 13. The summed E-state index contributed by atoms with van der Waals surface area (Å²) in [6.45, 7) is 104. The van der Waals surface area contributed by atoms with E-state index < -0.39 is 24.4 Å². The van der Waals surface area contributed by atoms with E-state index in [-0.39, 0.29) is 50.0 Å². The molecule has 30 nitrogen and oxygen atoms in total. The fourth-order valence-corrected chi connectivity index (χ4v) is 19.8. The molecule has 0 bridgehead atoms. The molecule has 16 N–H and O–H groups in total. The second-order valence-electron chi connectivity index (χ2n) is 48.2. The first-order chi connectivity index (χ1) is 64.7. The van der Waals surface area contributed by atoms with Gasteiger partial charge in [0, 0.05) is 291 Å². The monoisotopic (exact) mass is 1960 g/mol. The Kier molecular flexibility index (Phi) is 75.4. The van der Waals surface area contributed by atoms with Gasteiger partial charge in [-0.15, -0.1) is 0 Å². The molecule has 137 heavy (non-hydrogen) atoms. The van der Waals surface area contributed by atoms with Gasteiger partial charge in [-0.1, -0.05) is 166 Å². The van der Waals surface area contributed by atoms with Crippen LogP contribution >= 0.6 is 0 Å². The molecule has 822 valence electrons. The lowest BCUT2D eigenvalue weighted by Gasteiger charge is -2.48. The molecule has 0 aliphatic carbocycles. The normalized spacial score (nSPS) is 24.2. The van der Waals surface area contributed by atoms with Crippen LogP contribution in [0.25, 0.3) is 0 Å². The predicted molar refractivity (Wildman–Crippen MR) is 571 cm³/mol. The highest BCUT2D eigenvalue weighted by atomic mass is 16.5. The van der Waals surface area contributed by atoms with Crippen LogP contribution in [0.15, 0.2) is 0 Å². The molecule has 0 aromatic rings. The summed E-state index contributed by atoms with van der Waals surface area (Å²) < 4.78 is 5.26. The van der Waals surface area contributed by atoms with Crippen molar-refractivity contribution in [3.8, 4) is 0 Å². The topological polar surface area (TPSA) is 356 Å². The molecular formula is C107H230N16O14. The minimum absolute atomic E-state index is 0.0567. The molecule has 0 unspecified atom stereocenters. The third-order valence-corrected chi connectivity index (χ3v) is 26.7. The lowest BCUT2D eigenvalue weighted by Crippen LogP contribution is -2.60. The summed E-state index contributed by atoms with van der Waals surface area (Å²) in [5, 5.41) is 121. The van der Waals surface area contributed by atoms with Crippen molar-refractivity contribution >= 4 is 0 Å². The summed E-state index contributed by atoms with van der Waals surface area (Å²) in [7, 11) is 2.20. The summed E-state index contributed by atoms with van der Waals surface area (Å²) in [4.78, 5) is 33.4. The molecule has 0 aromatic carbocycles. The highest BCUT2D eigenvalue weighted by Crippen LogP contribution is 2.32. The summed E-state index contributed by atoms with van der Waals surface area (Å²) in [5.74, 6) is 11.4. The van der Waals surface area contributed by atoms with Crippen molar-refractivity contribution in [2.24, 2.45) is 111 Å². The van der Waals surface area contributed by atoms with Crippen LogP contribution in [-0.4, -0.2) is 527 Å². The van der Waals surface area contributed by atoms with Crippen LogP contribution in [0.5, 0.6) is 0 Å². The molecule has 12 rings (SSSR count). The number of likely N-dealkylation sites (tertiary alicyclic amines) is 9. The van der Waals surface area contributed by atoms with Gasteiger partial charge < -0.3 is 136 Å². The Balaban J connectivity index is 0.000000748. The van der Waals surface area contributed by atoms with E-state index in [4.69, 9.17) is 41.1 Å². The third-order valence-electron chi connectivity index (χ3n) is 26.7. The largest absolute Gasteiger partial charge is 0.396 e. The summed E-state index contributed by atoms with van der Waals surface area (Å²) in [6.07, 6.45) is 2.99. The van der Waals surface area contributed by atoms with Crippen LogP contribution < -0.4 is 11.1 Å². The van der Waals surface area contributed by atoms with E-state index >= 15 is 0 Å². The number of aliphatic hydroxyl groups excluding tert-OH is 13. The van der Waals surface area contributed by atoms with Crippen molar-refractivity contribution in [3.63, 3.8) is 0 Å². The van der Waals surface area contributed by atoms with Gasteiger partial charge in [0.15, 0.2) is 0 Å². The maximum atomic E-state index is 9.23. The maximum absolute atomic E-state index is 9.23. The predicted octanol–water partition coefficient (Wildman–Crippen LogP) is 5.43. The molecule has 30 heteroatoms. The molecule has 12 fully saturated rings. The number of piperidine rings is 2. The molecule has 0 saturated carbocycles. The summed E-state index contributed by atoms with van der Waals surface area (Å²) in [6, 6.07) is 0. The van der Waals surface area contributed by atoms with Gasteiger partial charge in [0.2, 0.25) is 0 Å². The molecule has 5 atom stereocenters. The molecule has 0 amide bonds. The first-order valence-electron chi connectivity index (χ1n) is 55.0. The van der Waals surface area contributed by atoms with E-state index in [1.807, 2.05) is 0 Å². The van der Waals surface area contributed by atoms with E-state index in [0.717, 1.165) is 203 Å². The third kappa shape index (κ3) is 66.0. The first kappa shape index (κ1) is 134. The average Bonchev–Trinajstić information content (AvgIpc) is 1.18. The van der Waals surface area contributed by atoms with E-state index in [1.165, 1.54) is 150 Å². The van der Waals surface area contributed by atoms with E-state index in [2.05, 4.69) is 247 Å². The van der Waals surface area contributed by atoms with E-state index in [9.17, 15) is 35.7 Å². The number of piperazine rings is 3. The second-order valence-corrected chi connectivity index (χ2v) is 48.2. The lowest BCUT2D eigenvalue weighted by molar-refractivity contribution is -0.0784. The highest BCUT2D eigenvalue weighted by molar-refractivity contribution is 4.95.